The molecule has 0 saturated heterocycles. The van der Waals surface area contributed by atoms with Crippen LogP contribution in [0.3, 0.4) is 0 Å². The first-order valence-electron chi connectivity index (χ1n) is 2.17. The van der Waals surface area contributed by atoms with Gasteiger partial charge >= 0.3 is 0 Å². The number of alkyl halides is 1. The zero-order valence-electron chi connectivity index (χ0n) is 3.85. The van der Waals surface area contributed by atoms with Gasteiger partial charge in [0, 0.05) is 11.8 Å². The van der Waals surface area contributed by atoms with Gasteiger partial charge in [0.2, 0.25) is 0 Å². The zero-order valence-corrected chi connectivity index (χ0v) is 5.44. The van der Waals surface area contributed by atoms with Crippen molar-refractivity contribution in [2.45, 2.75) is 6.42 Å². The molecule has 0 aliphatic carbocycles. The molecule has 1 aliphatic rings. The molecule has 40 valence electrons. The van der Waals surface area contributed by atoms with Crippen molar-refractivity contribution in [3.05, 3.63) is 0 Å². The highest BCUT2D eigenvalue weighted by Crippen LogP contribution is 2.01. The molecule has 2 nitrogen and oxygen atoms in total. The van der Waals surface area contributed by atoms with Crippen LogP contribution >= 0.6 is 15.9 Å². The number of hydrogen-bond donors (Lipinski definition) is 0. The van der Waals surface area contributed by atoms with Crippen LogP contribution in [0.5, 0.6) is 0 Å². The van der Waals surface area contributed by atoms with Crippen molar-refractivity contribution in [3.63, 3.8) is 0 Å². The van der Waals surface area contributed by atoms with Crippen LogP contribution < -0.4 is 0 Å². The van der Waals surface area contributed by atoms with Gasteiger partial charge in [0.25, 0.3) is 0 Å². The Morgan fingerprint density at radius 3 is 3.00 bits per heavy atom. The third-order valence-corrected chi connectivity index (χ3v) is 1.48. The van der Waals surface area contributed by atoms with E-state index in [1.807, 2.05) is 0 Å². The van der Waals surface area contributed by atoms with Crippen molar-refractivity contribution in [3.8, 4) is 0 Å². The Hall–Kier alpha value is -0.0500. The summed E-state index contributed by atoms with van der Waals surface area (Å²) in [4.78, 5) is 4.71. The Balaban J connectivity index is 2.36. The fourth-order valence-electron chi connectivity index (χ4n) is 0.437. The minimum atomic E-state index is 0.765. The zero-order chi connectivity index (χ0) is 5.11. The molecular weight excluding hydrogens is 158 g/mol. The van der Waals surface area contributed by atoms with E-state index in [1.165, 1.54) is 0 Å². The number of rotatable bonds is 1. The van der Waals surface area contributed by atoms with Gasteiger partial charge in [-0.2, -0.15) is 0 Å². The molecule has 0 radical (unpaired) electrons. The van der Waals surface area contributed by atoms with Crippen LogP contribution in [-0.2, 0) is 4.84 Å². The predicted octanol–water partition coefficient (Wildman–Crippen LogP) is 1.16. The molecule has 1 rings (SSSR count). The molecular formula is C4H6BrNO. The van der Waals surface area contributed by atoms with Gasteiger partial charge < -0.3 is 4.84 Å². The largest absolute Gasteiger partial charge is 0.395 e. The fraction of sp³-hybridized carbons (Fsp3) is 0.750. The lowest BCUT2D eigenvalue weighted by Crippen LogP contribution is -1.93. The number of halogens is 1. The van der Waals surface area contributed by atoms with Gasteiger partial charge in [0.05, 0.1) is 5.71 Å². The number of hydrogen-bond acceptors (Lipinski definition) is 2. The van der Waals surface area contributed by atoms with Gasteiger partial charge in [-0.3, -0.25) is 0 Å². The summed E-state index contributed by atoms with van der Waals surface area (Å²) in [6.45, 7) is 0.765. The number of oxime groups is 1. The van der Waals surface area contributed by atoms with Gasteiger partial charge in [-0.05, 0) is 0 Å². The summed E-state index contributed by atoms with van der Waals surface area (Å²) in [5.74, 6) is 0. The molecule has 0 unspecified atom stereocenters. The smallest absolute Gasteiger partial charge is 0.122 e. The second-order valence-electron chi connectivity index (χ2n) is 1.37. The van der Waals surface area contributed by atoms with Gasteiger partial charge in [0.15, 0.2) is 0 Å². The molecule has 1 heterocycles. The Morgan fingerprint density at radius 1 is 1.86 bits per heavy atom. The average Bonchev–Trinajstić information content (AvgIpc) is 2.14. The first kappa shape index (κ1) is 5.09. The molecule has 0 aromatic carbocycles. The lowest BCUT2D eigenvalue weighted by Gasteiger charge is -1.79. The Morgan fingerprint density at radius 2 is 2.71 bits per heavy atom. The maximum Gasteiger partial charge on any atom is 0.122 e. The van der Waals surface area contributed by atoms with E-state index in [0.717, 1.165) is 24.1 Å². The highest BCUT2D eigenvalue weighted by atomic mass is 79.9. The van der Waals surface area contributed by atoms with Crippen molar-refractivity contribution in [1.82, 2.24) is 0 Å². The summed E-state index contributed by atoms with van der Waals surface area (Å²) in [6.07, 6.45) is 0.991. The van der Waals surface area contributed by atoms with Gasteiger partial charge in [0.1, 0.15) is 6.61 Å². The molecule has 0 bridgehead atoms. The Kier molecular flexibility index (Phi) is 1.68. The van der Waals surface area contributed by atoms with Crippen LogP contribution in [-0.4, -0.2) is 17.6 Å². The summed E-state index contributed by atoms with van der Waals surface area (Å²) in [7, 11) is 0. The Labute approximate surface area is 50.7 Å². The molecule has 0 atom stereocenters. The minimum absolute atomic E-state index is 0.765. The number of nitrogens with zero attached hydrogens (tertiary/aromatic N) is 1. The summed E-state index contributed by atoms with van der Waals surface area (Å²) in [6, 6.07) is 0. The van der Waals surface area contributed by atoms with Crippen LogP contribution in [0.1, 0.15) is 6.42 Å². The van der Waals surface area contributed by atoms with Crippen molar-refractivity contribution in [1.29, 1.82) is 0 Å². The van der Waals surface area contributed by atoms with E-state index in [2.05, 4.69) is 21.1 Å². The molecule has 0 amide bonds. The third-order valence-electron chi connectivity index (χ3n) is 0.830. The summed E-state index contributed by atoms with van der Waals surface area (Å²) < 4.78 is 0. The van der Waals surface area contributed by atoms with Crippen LogP contribution in [0.25, 0.3) is 0 Å². The van der Waals surface area contributed by atoms with Gasteiger partial charge in [-0.1, -0.05) is 21.1 Å². The van der Waals surface area contributed by atoms with E-state index in [-0.39, 0.29) is 0 Å². The maximum atomic E-state index is 4.71. The van der Waals surface area contributed by atoms with Crippen LogP contribution in [0.4, 0.5) is 0 Å². The maximum absolute atomic E-state index is 4.71. The highest BCUT2D eigenvalue weighted by Gasteiger charge is 2.03. The van der Waals surface area contributed by atoms with E-state index in [4.69, 9.17) is 4.84 Å². The molecule has 0 fully saturated rings. The molecule has 0 saturated carbocycles. The first-order chi connectivity index (χ1) is 3.43. The summed E-state index contributed by atoms with van der Waals surface area (Å²) in [5, 5.41) is 4.58. The van der Waals surface area contributed by atoms with Crippen LogP contribution in [0.2, 0.25) is 0 Å². The van der Waals surface area contributed by atoms with Crippen molar-refractivity contribution in [2.75, 3.05) is 11.9 Å². The lowest BCUT2D eigenvalue weighted by molar-refractivity contribution is 0.173. The Bertz CT molecular complexity index is 91.7. The standard InChI is InChI=1S/C4H6BrNO/c5-3-4-1-2-7-6-4/h1-3H2. The van der Waals surface area contributed by atoms with E-state index in [9.17, 15) is 0 Å². The van der Waals surface area contributed by atoms with E-state index >= 15 is 0 Å². The second-order valence-corrected chi connectivity index (χ2v) is 1.94. The van der Waals surface area contributed by atoms with E-state index < -0.39 is 0 Å². The second kappa shape index (κ2) is 2.31. The molecule has 0 spiro atoms. The van der Waals surface area contributed by atoms with Crippen LogP contribution in [0.15, 0.2) is 5.16 Å². The fourth-order valence-corrected chi connectivity index (χ4v) is 0.820. The molecule has 0 aromatic heterocycles. The lowest BCUT2D eigenvalue weighted by atomic mass is 10.3. The summed E-state index contributed by atoms with van der Waals surface area (Å²) in [5.41, 5.74) is 1.11. The molecule has 7 heavy (non-hydrogen) atoms. The van der Waals surface area contributed by atoms with E-state index in [1.54, 1.807) is 0 Å². The monoisotopic (exact) mass is 163 g/mol. The SMILES string of the molecule is BrCC1=NOCC1. The van der Waals surface area contributed by atoms with Crippen molar-refractivity contribution < 1.29 is 4.84 Å². The van der Waals surface area contributed by atoms with Crippen molar-refractivity contribution in [2.24, 2.45) is 5.16 Å². The molecule has 1 aliphatic heterocycles. The van der Waals surface area contributed by atoms with Gasteiger partial charge in [-0.25, -0.2) is 0 Å². The van der Waals surface area contributed by atoms with Crippen molar-refractivity contribution >= 4 is 21.6 Å². The van der Waals surface area contributed by atoms with E-state index in [0.29, 0.717) is 0 Å². The average molecular weight is 164 g/mol. The molecule has 0 N–H and O–H groups in total. The summed E-state index contributed by atoms with van der Waals surface area (Å²) >= 11 is 3.27. The van der Waals surface area contributed by atoms with Gasteiger partial charge in [-0.15, -0.1) is 0 Å². The van der Waals surface area contributed by atoms with Crippen LogP contribution in [0, 0.1) is 0 Å². The highest BCUT2D eigenvalue weighted by molar-refractivity contribution is 9.09. The molecule has 3 heteroatoms. The minimum Gasteiger partial charge on any atom is -0.395 e. The third kappa shape index (κ3) is 1.16. The topological polar surface area (TPSA) is 21.6 Å². The first-order valence-corrected chi connectivity index (χ1v) is 3.29. The molecule has 0 aromatic rings. The normalized spacial score (nSPS) is 18.7. The quantitative estimate of drug-likeness (QED) is 0.532. The predicted molar refractivity (Wildman–Crippen MR) is 31.8 cm³/mol.